The van der Waals surface area contributed by atoms with E-state index in [2.05, 4.69) is 15.7 Å². The van der Waals surface area contributed by atoms with E-state index >= 15 is 0 Å². The van der Waals surface area contributed by atoms with Gasteiger partial charge in [-0.25, -0.2) is 4.68 Å². The Morgan fingerprint density at radius 1 is 0.939 bits per heavy atom. The lowest BCUT2D eigenvalue weighted by Crippen LogP contribution is -2.32. The van der Waals surface area contributed by atoms with Crippen molar-refractivity contribution in [3.8, 4) is 5.69 Å². The van der Waals surface area contributed by atoms with Crippen molar-refractivity contribution in [2.24, 2.45) is 0 Å². The minimum atomic E-state index is -0.797. The van der Waals surface area contributed by atoms with E-state index < -0.39 is 6.04 Å². The predicted molar refractivity (Wildman–Crippen MR) is 129 cm³/mol. The Bertz CT molecular complexity index is 1400. The minimum Gasteiger partial charge on any atom is -0.326 e. The van der Waals surface area contributed by atoms with Gasteiger partial charge in [-0.1, -0.05) is 18.2 Å². The highest BCUT2D eigenvalue weighted by Crippen LogP contribution is 2.26. The van der Waals surface area contributed by atoms with Crippen LogP contribution in [0.1, 0.15) is 31.1 Å². The van der Waals surface area contributed by atoms with Crippen molar-refractivity contribution in [2.75, 3.05) is 10.6 Å². The molecule has 33 heavy (non-hydrogen) atoms. The summed E-state index contributed by atoms with van der Waals surface area (Å²) in [6.07, 6.45) is 0. The number of para-hydroxylation sites is 1. The third-order valence-corrected chi connectivity index (χ3v) is 5.48. The molecule has 2 N–H and O–H groups in total. The fourth-order valence-corrected chi connectivity index (χ4v) is 3.96. The van der Waals surface area contributed by atoms with Crippen LogP contribution < -0.4 is 16.2 Å². The fourth-order valence-electron chi connectivity index (χ4n) is 3.96. The maximum atomic E-state index is 13.1. The molecule has 8 heteroatoms. The third-order valence-electron chi connectivity index (χ3n) is 5.48. The molecule has 8 nitrogen and oxygen atoms in total. The zero-order valence-electron chi connectivity index (χ0n) is 18.9. The highest BCUT2D eigenvalue weighted by molar-refractivity contribution is 5.95. The Kier molecular flexibility index (Phi) is 5.83. The number of fused-ring (bicyclic) bond motifs is 1. The van der Waals surface area contributed by atoms with E-state index in [0.717, 1.165) is 22.3 Å². The highest BCUT2D eigenvalue weighted by Gasteiger charge is 2.24. The molecule has 2 aromatic carbocycles. The van der Waals surface area contributed by atoms with Crippen molar-refractivity contribution in [1.82, 2.24) is 14.3 Å². The normalized spacial score (nSPS) is 11.9. The fraction of sp³-hybridized carbons (Fsp3) is 0.200. The van der Waals surface area contributed by atoms with Crippen molar-refractivity contribution in [3.63, 3.8) is 0 Å². The van der Waals surface area contributed by atoms with E-state index in [1.807, 2.05) is 44.2 Å². The number of rotatable bonds is 5. The average Bonchev–Trinajstić information content (AvgIpc) is 3.12. The quantitative estimate of drug-likeness (QED) is 0.488. The molecule has 2 aromatic heterocycles. The van der Waals surface area contributed by atoms with Gasteiger partial charge in [-0.15, -0.1) is 0 Å². The first-order chi connectivity index (χ1) is 15.8. The molecule has 0 saturated carbocycles. The number of carbonyl (C=O) groups is 2. The average molecular weight is 444 g/mol. The minimum absolute atomic E-state index is 0.173. The van der Waals surface area contributed by atoms with Crippen molar-refractivity contribution >= 4 is 34.2 Å². The van der Waals surface area contributed by atoms with Crippen molar-refractivity contribution in [3.05, 3.63) is 82.3 Å². The molecular formula is C25H25N5O3. The summed E-state index contributed by atoms with van der Waals surface area (Å²) in [7, 11) is 0. The Balaban J connectivity index is 1.75. The second-order valence-corrected chi connectivity index (χ2v) is 7.99. The van der Waals surface area contributed by atoms with Crippen LogP contribution in [0.25, 0.3) is 16.7 Å². The topological polar surface area (TPSA) is 98.0 Å². The van der Waals surface area contributed by atoms with Gasteiger partial charge in [0, 0.05) is 29.8 Å². The predicted octanol–water partition coefficient (Wildman–Crippen LogP) is 3.96. The van der Waals surface area contributed by atoms with Crippen molar-refractivity contribution in [1.29, 1.82) is 0 Å². The lowest BCUT2D eigenvalue weighted by atomic mass is 10.1. The summed E-state index contributed by atoms with van der Waals surface area (Å²) < 4.78 is 3.20. The summed E-state index contributed by atoms with van der Waals surface area (Å²) in [4.78, 5) is 37.4. The molecule has 1 unspecified atom stereocenters. The van der Waals surface area contributed by atoms with Crippen LogP contribution in [0.4, 0.5) is 11.4 Å². The lowest BCUT2D eigenvalue weighted by molar-refractivity contribution is -0.118. The molecule has 2 heterocycles. The summed E-state index contributed by atoms with van der Waals surface area (Å²) in [6.45, 7) is 6.89. The largest absolute Gasteiger partial charge is 0.326 e. The van der Waals surface area contributed by atoms with Crippen LogP contribution in [0.3, 0.4) is 0 Å². The molecule has 4 aromatic rings. The van der Waals surface area contributed by atoms with Gasteiger partial charge in [0.25, 0.3) is 5.56 Å². The summed E-state index contributed by atoms with van der Waals surface area (Å²) in [5.74, 6) is -0.513. The first-order valence-corrected chi connectivity index (χ1v) is 10.6. The number of amides is 2. The molecule has 0 fully saturated rings. The molecule has 0 aliphatic carbocycles. The van der Waals surface area contributed by atoms with Crippen LogP contribution >= 0.6 is 0 Å². The van der Waals surface area contributed by atoms with Gasteiger partial charge < -0.3 is 10.6 Å². The van der Waals surface area contributed by atoms with Crippen molar-refractivity contribution in [2.45, 2.75) is 33.7 Å². The number of nitrogens with zero attached hydrogens (tertiary/aromatic N) is 3. The van der Waals surface area contributed by atoms with Gasteiger partial charge in [-0.05, 0) is 62.7 Å². The lowest BCUT2D eigenvalue weighted by Gasteiger charge is -2.18. The van der Waals surface area contributed by atoms with Gasteiger partial charge >= 0.3 is 0 Å². The van der Waals surface area contributed by atoms with E-state index in [1.54, 1.807) is 41.9 Å². The molecule has 1 atom stereocenters. The monoisotopic (exact) mass is 443 g/mol. The number of nitrogens with one attached hydrogen (secondary N) is 2. The van der Waals surface area contributed by atoms with Crippen LogP contribution in [0.5, 0.6) is 0 Å². The molecule has 2 amide bonds. The number of aryl methyl sites for hydroxylation is 2. The maximum Gasteiger partial charge on any atom is 0.253 e. The van der Waals surface area contributed by atoms with E-state index in [-0.39, 0.29) is 17.4 Å². The zero-order valence-corrected chi connectivity index (χ0v) is 18.9. The molecule has 0 aliphatic heterocycles. The van der Waals surface area contributed by atoms with Crippen LogP contribution in [-0.4, -0.2) is 26.2 Å². The number of pyridine rings is 1. The van der Waals surface area contributed by atoms with E-state index in [1.165, 1.54) is 11.5 Å². The van der Waals surface area contributed by atoms with E-state index in [4.69, 9.17) is 0 Å². The molecule has 0 bridgehead atoms. The van der Waals surface area contributed by atoms with Crippen LogP contribution in [0.2, 0.25) is 0 Å². The van der Waals surface area contributed by atoms with E-state index in [0.29, 0.717) is 17.0 Å². The number of anilines is 2. The molecular weight excluding hydrogens is 418 g/mol. The van der Waals surface area contributed by atoms with E-state index in [9.17, 15) is 14.4 Å². The van der Waals surface area contributed by atoms with Gasteiger partial charge in [0.05, 0.1) is 11.4 Å². The summed E-state index contributed by atoms with van der Waals surface area (Å²) >= 11 is 0. The Hall–Kier alpha value is -4.20. The maximum absolute atomic E-state index is 13.1. The standard InChI is InChI=1S/C25H25N5O3/c1-15-14-22(32)29(25-23(15)16(2)28-30(25)21-8-6-5-7-9-21)17(3)24(33)27-20-12-10-19(11-13-20)26-18(4)31/h5-14,17H,1-4H3,(H,26,31)(H,27,33). The zero-order chi connectivity index (χ0) is 23.7. The molecule has 0 aliphatic rings. The second-order valence-electron chi connectivity index (χ2n) is 7.99. The van der Waals surface area contributed by atoms with Crippen LogP contribution in [0, 0.1) is 13.8 Å². The number of hydrogen-bond acceptors (Lipinski definition) is 4. The number of hydrogen-bond donors (Lipinski definition) is 2. The van der Waals surface area contributed by atoms with Gasteiger partial charge in [-0.3, -0.25) is 19.0 Å². The Morgan fingerprint density at radius 3 is 2.15 bits per heavy atom. The molecule has 0 spiro atoms. The molecule has 168 valence electrons. The molecule has 0 radical (unpaired) electrons. The SMILES string of the molecule is CC(=O)Nc1ccc(NC(=O)C(C)n2c(=O)cc(C)c3c(C)nn(-c4ccccc4)c32)cc1. The number of benzene rings is 2. The smallest absolute Gasteiger partial charge is 0.253 e. The van der Waals surface area contributed by atoms with Gasteiger partial charge in [0.2, 0.25) is 11.8 Å². The first-order valence-electron chi connectivity index (χ1n) is 10.6. The van der Waals surface area contributed by atoms with Gasteiger partial charge in [0.15, 0.2) is 0 Å². The summed E-state index contributed by atoms with van der Waals surface area (Å²) in [5.41, 5.74) is 3.88. The first kappa shape index (κ1) is 22.0. The third kappa shape index (κ3) is 4.27. The van der Waals surface area contributed by atoms with Crippen molar-refractivity contribution < 1.29 is 9.59 Å². The van der Waals surface area contributed by atoms with Crippen LogP contribution in [0.15, 0.2) is 65.5 Å². The molecule has 4 rings (SSSR count). The number of aromatic nitrogens is 3. The highest BCUT2D eigenvalue weighted by atomic mass is 16.2. The Labute approximate surface area is 190 Å². The van der Waals surface area contributed by atoms with Gasteiger partial charge in [-0.2, -0.15) is 5.10 Å². The second kappa shape index (κ2) is 8.74. The summed E-state index contributed by atoms with van der Waals surface area (Å²) in [6, 6.07) is 17.1. The summed E-state index contributed by atoms with van der Waals surface area (Å²) in [5, 5.41) is 11.1. The Morgan fingerprint density at radius 2 is 1.55 bits per heavy atom. The van der Waals surface area contributed by atoms with Gasteiger partial charge in [0.1, 0.15) is 11.7 Å². The number of carbonyl (C=O) groups excluding carboxylic acids is 2. The van der Waals surface area contributed by atoms with Crippen LogP contribution in [-0.2, 0) is 9.59 Å². The molecule has 0 saturated heterocycles.